The van der Waals surface area contributed by atoms with Gasteiger partial charge >= 0.3 is 0 Å². The lowest BCUT2D eigenvalue weighted by molar-refractivity contribution is -0.113. The van der Waals surface area contributed by atoms with Crippen LogP contribution in [0.4, 0.5) is 5.69 Å². The van der Waals surface area contributed by atoms with Gasteiger partial charge in [-0.2, -0.15) is 0 Å². The Morgan fingerprint density at radius 1 is 1.20 bits per heavy atom. The highest BCUT2D eigenvalue weighted by Crippen LogP contribution is 2.40. The van der Waals surface area contributed by atoms with Gasteiger partial charge in [0.2, 0.25) is 20.7 Å². The highest BCUT2D eigenvalue weighted by Gasteiger charge is 2.21. The first-order chi connectivity index (χ1) is 16.6. The molecule has 0 aliphatic heterocycles. The molecular formula is C23H17BrClN5O3S2. The summed E-state index contributed by atoms with van der Waals surface area (Å²) >= 11 is 10.8. The number of aromatic nitrogens is 3. The van der Waals surface area contributed by atoms with Crippen molar-refractivity contribution in [2.24, 2.45) is 5.14 Å². The van der Waals surface area contributed by atoms with Crippen molar-refractivity contribution in [1.29, 1.82) is 0 Å². The van der Waals surface area contributed by atoms with Crippen LogP contribution in [0, 0.1) is 0 Å². The summed E-state index contributed by atoms with van der Waals surface area (Å²) in [6.07, 6.45) is 2.17. The molecule has 0 spiro atoms. The number of anilines is 1. The minimum absolute atomic E-state index is 0.0281. The van der Waals surface area contributed by atoms with Crippen LogP contribution in [0.1, 0.15) is 18.1 Å². The van der Waals surface area contributed by atoms with Gasteiger partial charge in [0.15, 0.2) is 5.16 Å². The Labute approximate surface area is 218 Å². The van der Waals surface area contributed by atoms with E-state index in [1.807, 2.05) is 16.7 Å². The molecule has 178 valence electrons. The molecule has 0 radical (unpaired) electrons. The molecular weight excluding hydrogens is 574 g/mol. The number of primary sulfonamides is 1. The van der Waals surface area contributed by atoms with E-state index in [9.17, 15) is 13.2 Å². The van der Waals surface area contributed by atoms with Gasteiger partial charge in [-0.15, -0.1) is 10.2 Å². The van der Waals surface area contributed by atoms with Crippen molar-refractivity contribution >= 4 is 83.3 Å². The summed E-state index contributed by atoms with van der Waals surface area (Å²) in [6, 6.07) is 14.1. The number of hydrogen-bond donors (Lipinski definition) is 2. The standard InChI is InChI=1S/C23H17BrClN5O3S2/c1-12-9-13-5-8-19(16-4-2-3-15(12)21(13)16)30-22(24)28-29-23(30)34-11-20(31)27-18-7-6-14(10-17(18)25)35(26,32)33/h2-10H,11H2,1H3,(H,27,31)(H2,26,32,33). The van der Waals surface area contributed by atoms with Crippen molar-refractivity contribution in [2.45, 2.75) is 17.0 Å². The SMILES string of the molecule is CC1=Cc2ccc(-n3c(Br)nnc3SCC(=O)Nc3ccc(S(N)(=O)=O)cc3Cl)c3cccc1c23. The van der Waals surface area contributed by atoms with E-state index in [2.05, 4.69) is 62.6 Å². The van der Waals surface area contributed by atoms with E-state index < -0.39 is 10.0 Å². The summed E-state index contributed by atoms with van der Waals surface area (Å²) in [5.41, 5.74) is 4.76. The lowest BCUT2D eigenvalue weighted by Gasteiger charge is -2.13. The molecule has 5 rings (SSSR count). The summed E-state index contributed by atoms with van der Waals surface area (Å²) in [7, 11) is -3.89. The number of nitrogens with zero attached hydrogens (tertiary/aromatic N) is 3. The van der Waals surface area contributed by atoms with Gasteiger partial charge in [-0.25, -0.2) is 13.6 Å². The summed E-state index contributed by atoms with van der Waals surface area (Å²) in [4.78, 5) is 12.5. The number of rotatable bonds is 6. The fourth-order valence-electron chi connectivity index (χ4n) is 4.01. The predicted octanol–water partition coefficient (Wildman–Crippen LogP) is 5.09. The molecule has 0 bridgehead atoms. The number of nitrogens with two attached hydrogens (primary N) is 1. The van der Waals surface area contributed by atoms with Gasteiger partial charge < -0.3 is 5.32 Å². The van der Waals surface area contributed by atoms with Crippen LogP contribution in [-0.2, 0) is 14.8 Å². The first-order valence-corrected chi connectivity index (χ1v) is 13.9. The molecule has 0 fully saturated rings. The minimum atomic E-state index is -3.89. The number of halogens is 2. The number of allylic oxidation sites excluding steroid dienone is 1. The average Bonchev–Trinajstić information content (AvgIpc) is 3.34. The molecule has 4 aromatic rings. The predicted molar refractivity (Wildman–Crippen MR) is 142 cm³/mol. The lowest BCUT2D eigenvalue weighted by Crippen LogP contribution is -2.16. The fraction of sp³-hybridized carbons (Fsp3) is 0.0870. The maximum atomic E-state index is 12.6. The number of sulfonamides is 1. The monoisotopic (exact) mass is 589 g/mol. The van der Waals surface area contributed by atoms with Crippen molar-refractivity contribution in [2.75, 3.05) is 11.1 Å². The zero-order valence-corrected chi connectivity index (χ0v) is 22.1. The van der Waals surface area contributed by atoms with E-state index in [0.717, 1.165) is 11.1 Å². The topological polar surface area (TPSA) is 120 Å². The number of amides is 1. The summed E-state index contributed by atoms with van der Waals surface area (Å²) in [5.74, 6) is -0.313. The minimum Gasteiger partial charge on any atom is -0.324 e. The van der Waals surface area contributed by atoms with Crippen LogP contribution in [0.15, 0.2) is 63.3 Å². The van der Waals surface area contributed by atoms with Gasteiger partial charge in [0.1, 0.15) is 0 Å². The van der Waals surface area contributed by atoms with Gasteiger partial charge in [0.05, 0.1) is 27.0 Å². The highest BCUT2D eigenvalue weighted by molar-refractivity contribution is 9.10. The van der Waals surface area contributed by atoms with Crippen LogP contribution in [-0.4, -0.2) is 34.8 Å². The molecule has 3 N–H and O–H groups in total. The lowest BCUT2D eigenvalue weighted by atomic mass is 10.0. The van der Waals surface area contributed by atoms with E-state index >= 15 is 0 Å². The number of thioether (sulfide) groups is 1. The van der Waals surface area contributed by atoms with Crippen LogP contribution in [0.25, 0.3) is 28.1 Å². The maximum absolute atomic E-state index is 12.6. The molecule has 1 heterocycles. The molecule has 3 aromatic carbocycles. The Bertz CT molecular complexity index is 1670. The third-order valence-corrected chi connectivity index (χ3v) is 8.22. The van der Waals surface area contributed by atoms with E-state index in [4.69, 9.17) is 16.7 Å². The molecule has 0 saturated carbocycles. The zero-order valence-electron chi connectivity index (χ0n) is 18.1. The van der Waals surface area contributed by atoms with Crippen molar-refractivity contribution in [3.8, 4) is 5.69 Å². The third kappa shape index (κ3) is 4.50. The summed E-state index contributed by atoms with van der Waals surface area (Å²) in [6.45, 7) is 2.10. The molecule has 1 aliphatic rings. The van der Waals surface area contributed by atoms with Crippen LogP contribution in [0.3, 0.4) is 0 Å². The van der Waals surface area contributed by atoms with E-state index in [1.165, 1.54) is 52.0 Å². The molecule has 1 aromatic heterocycles. The van der Waals surface area contributed by atoms with Crippen molar-refractivity contribution < 1.29 is 13.2 Å². The Morgan fingerprint density at radius 3 is 2.74 bits per heavy atom. The molecule has 0 atom stereocenters. The molecule has 0 saturated heterocycles. The third-order valence-electron chi connectivity index (χ3n) is 5.56. The van der Waals surface area contributed by atoms with Gasteiger partial charge in [-0.1, -0.05) is 53.7 Å². The van der Waals surface area contributed by atoms with Gasteiger partial charge in [0.25, 0.3) is 0 Å². The number of nitrogens with one attached hydrogen (secondary N) is 1. The highest BCUT2D eigenvalue weighted by atomic mass is 79.9. The fourth-order valence-corrected chi connectivity index (χ4v) is 6.15. The van der Waals surface area contributed by atoms with Gasteiger partial charge in [-0.05, 0) is 69.2 Å². The Balaban J connectivity index is 1.39. The molecule has 1 aliphatic carbocycles. The molecule has 1 amide bonds. The van der Waals surface area contributed by atoms with Crippen LogP contribution >= 0.6 is 39.3 Å². The van der Waals surface area contributed by atoms with Crippen LogP contribution in [0.5, 0.6) is 0 Å². The van der Waals surface area contributed by atoms with Crippen LogP contribution < -0.4 is 10.5 Å². The molecule has 8 nitrogen and oxygen atoms in total. The first kappa shape index (κ1) is 24.0. The number of carbonyl (C=O) groups is 1. The largest absolute Gasteiger partial charge is 0.324 e. The Hall–Kier alpha value is -2.70. The van der Waals surface area contributed by atoms with Crippen molar-refractivity contribution in [3.63, 3.8) is 0 Å². The van der Waals surface area contributed by atoms with Gasteiger partial charge in [-0.3, -0.25) is 9.36 Å². The van der Waals surface area contributed by atoms with Crippen LogP contribution in [0.2, 0.25) is 5.02 Å². The van der Waals surface area contributed by atoms with E-state index in [1.54, 1.807) is 0 Å². The normalized spacial score (nSPS) is 12.7. The smallest absolute Gasteiger partial charge is 0.238 e. The maximum Gasteiger partial charge on any atom is 0.238 e. The molecule has 12 heteroatoms. The van der Waals surface area contributed by atoms with Gasteiger partial charge in [0, 0.05) is 5.39 Å². The molecule has 0 unspecified atom stereocenters. The zero-order chi connectivity index (χ0) is 24.9. The second-order valence-corrected chi connectivity index (χ2v) is 11.5. The van der Waals surface area contributed by atoms with Crippen molar-refractivity contribution in [1.82, 2.24) is 14.8 Å². The Morgan fingerprint density at radius 2 is 2.00 bits per heavy atom. The molecule has 35 heavy (non-hydrogen) atoms. The second kappa shape index (κ2) is 9.07. The Kier molecular flexibility index (Phi) is 6.22. The van der Waals surface area contributed by atoms with E-state index in [0.29, 0.717) is 9.89 Å². The summed E-state index contributed by atoms with van der Waals surface area (Å²) < 4.78 is 25.3. The summed E-state index contributed by atoms with van der Waals surface area (Å²) in [5, 5.41) is 19.0. The average molecular weight is 591 g/mol. The quantitative estimate of drug-likeness (QED) is 0.302. The number of hydrogen-bond acceptors (Lipinski definition) is 6. The number of benzene rings is 3. The second-order valence-electron chi connectivity index (χ2n) is 7.84. The number of carbonyl (C=O) groups excluding carboxylic acids is 1. The van der Waals surface area contributed by atoms with Crippen molar-refractivity contribution in [3.05, 3.63) is 69.4 Å². The van der Waals surface area contributed by atoms with E-state index in [-0.39, 0.29) is 27.3 Å². The first-order valence-electron chi connectivity index (χ1n) is 10.2.